The fourth-order valence-electron chi connectivity index (χ4n) is 2.38. The van der Waals surface area contributed by atoms with Crippen LogP contribution in [0.25, 0.3) is 10.9 Å². The molecule has 0 bridgehead atoms. The van der Waals surface area contributed by atoms with E-state index in [2.05, 4.69) is 20.6 Å². The Morgan fingerprint density at radius 1 is 1.38 bits per heavy atom. The van der Waals surface area contributed by atoms with E-state index < -0.39 is 10.8 Å². The van der Waals surface area contributed by atoms with Crippen LogP contribution in [-0.4, -0.2) is 38.3 Å². The number of thioether (sulfide) groups is 1. The van der Waals surface area contributed by atoms with Crippen LogP contribution in [-0.2, 0) is 16.1 Å². The summed E-state index contributed by atoms with van der Waals surface area (Å²) in [5.74, 6) is 0.437. The number of aromatic amines is 1. The highest BCUT2D eigenvalue weighted by atomic mass is 32.2. The molecule has 1 aromatic heterocycles. The van der Waals surface area contributed by atoms with Crippen molar-refractivity contribution >= 4 is 34.5 Å². The van der Waals surface area contributed by atoms with Crippen molar-refractivity contribution in [1.29, 1.82) is 0 Å². The van der Waals surface area contributed by atoms with Crippen LogP contribution in [0.1, 0.15) is 19.7 Å². The first-order chi connectivity index (χ1) is 11.4. The van der Waals surface area contributed by atoms with Crippen LogP contribution in [0.5, 0.6) is 0 Å². The Kier molecular flexibility index (Phi) is 4.31. The zero-order chi connectivity index (χ0) is 17.3. The van der Waals surface area contributed by atoms with Gasteiger partial charge in [0.25, 0.3) is 5.56 Å². The van der Waals surface area contributed by atoms with Gasteiger partial charge in [-0.1, -0.05) is 12.1 Å². The quantitative estimate of drug-likeness (QED) is 0.753. The normalized spacial score (nSPS) is 19.8. The number of fused-ring (bicyclic) bond motifs is 1. The van der Waals surface area contributed by atoms with Crippen LogP contribution >= 0.6 is 11.8 Å². The summed E-state index contributed by atoms with van der Waals surface area (Å²) in [5, 5.41) is 5.93. The molecule has 1 aliphatic heterocycles. The van der Waals surface area contributed by atoms with Gasteiger partial charge in [-0.25, -0.2) is 4.98 Å². The second-order valence-electron chi connectivity index (χ2n) is 6.09. The zero-order valence-electron chi connectivity index (χ0n) is 13.4. The van der Waals surface area contributed by atoms with Crippen molar-refractivity contribution < 1.29 is 9.59 Å². The van der Waals surface area contributed by atoms with E-state index in [1.165, 1.54) is 11.8 Å². The van der Waals surface area contributed by atoms with Gasteiger partial charge in [0, 0.05) is 5.75 Å². The van der Waals surface area contributed by atoms with Crippen molar-refractivity contribution in [2.45, 2.75) is 31.2 Å². The summed E-state index contributed by atoms with van der Waals surface area (Å²) >= 11 is 1.44. The first-order valence-corrected chi connectivity index (χ1v) is 8.56. The zero-order valence-corrected chi connectivity index (χ0v) is 14.2. The molecule has 2 amide bonds. The van der Waals surface area contributed by atoms with E-state index in [-0.39, 0.29) is 23.9 Å². The molecular weight excluding hydrogens is 328 g/mol. The molecule has 24 heavy (non-hydrogen) atoms. The number of carbonyl (C=O) groups excluding carboxylic acids is 2. The minimum absolute atomic E-state index is 0.0966. The Morgan fingerprint density at radius 2 is 2.12 bits per heavy atom. The van der Waals surface area contributed by atoms with Crippen molar-refractivity contribution in [1.82, 2.24) is 20.6 Å². The number of carbonyl (C=O) groups is 2. The van der Waals surface area contributed by atoms with Gasteiger partial charge in [-0.3, -0.25) is 14.4 Å². The number of nitrogens with zero attached hydrogens (tertiary/aromatic N) is 1. The molecule has 1 aromatic carbocycles. The van der Waals surface area contributed by atoms with E-state index in [9.17, 15) is 14.4 Å². The largest absolute Gasteiger partial charge is 0.347 e. The maximum atomic E-state index is 12.2. The molecule has 3 rings (SSSR count). The first kappa shape index (κ1) is 16.5. The number of aromatic nitrogens is 2. The number of hydrogen-bond donors (Lipinski definition) is 3. The molecule has 3 N–H and O–H groups in total. The molecule has 1 fully saturated rings. The fraction of sp³-hybridized carbons (Fsp3) is 0.375. The number of nitrogens with one attached hydrogen (secondary N) is 3. The van der Waals surface area contributed by atoms with Crippen LogP contribution in [0, 0.1) is 0 Å². The van der Waals surface area contributed by atoms with Gasteiger partial charge in [-0.2, -0.15) is 0 Å². The molecule has 8 heteroatoms. The summed E-state index contributed by atoms with van der Waals surface area (Å²) in [4.78, 5) is 43.1. The Bertz CT molecular complexity index is 862. The van der Waals surface area contributed by atoms with Gasteiger partial charge in [-0.05, 0) is 26.0 Å². The summed E-state index contributed by atoms with van der Waals surface area (Å²) in [6.07, 6.45) is 0. The van der Waals surface area contributed by atoms with Gasteiger partial charge in [-0.15, -0.1) is 11.8 Å². The van der Waals surface area contributed by atoms with Gasteiger partial charge in [0.05, 0.1) is 22.2 Å². The van der Waals surface area contributed by atoms with Crippen molar-refractivity contribution in [2.24, 2.45) is 0 Å². The van der Waals surface area contributed by atoms with Crippen LogP contribution in [0.4, 0.5) is 0 Å². The van der Waals surface area contributed by atoms with Gasteiger partial charge in [0.2, 0.25) is 11.8 Å². The lowest BCUT2D eigenvalue weighted by Gasteiger charge is -2.32. The maximum Gasteiger partial charge on any atom is 0.258 e. The van der Waals surface area contributed by atoms with Gasteiger partial charge >= 0.3 is 0 Å². The van der Waals surface area contributed by atoms with E-state index in [4.69, 9.17) is 0 Å². The number of para-hydroxylation sites is 1. The standard InChI is InChI=1S/C16H18N4O3S/c1-16(2)15(23)19-11(8-24-16)14(22)17-7-12-18-10-6-4-3-5-9(10)13(21)20-12/h3-6,11H,7-8H2,1-2H3,(H,17,22)(H,19,23)(H,18,20,21). The van der Waals surface area contributed by atoms with E-state index >= 15 is 0 Å². The minimum Gasteiger partial charge on any atom is -0.347 e. The predicted octanol–water partition coefficient (Wildman–Crippen LogP) is 0.549. The fourth-order valence-corrected chi connectivity index (χ4v) is 3.39. The molecule has 2 aromatic rings. The second-order valence-corrected chi connectivity index (χ2v) is 7.74. The summed E-state index contributed by atoms with van der Waals surface area (Å²) in [5.41, 5.74) is 0.335. The maximum absolute atomic E-state index is 12.2. The number of H-pyrrole nitrogens is 1. The third-order valence-electron chi connectivity index (χ3n) is 3.87. The second kappa shape index (κ2) is 6.27. The molecule has 1 unspecified atom stereocenters. The van der Waals surface area contributed by atoms with E-state index in [0.29, 0.717) is 22.5 Å². The number of benzene rings is 1. The van der Waals surface area contributed by atoms with Gasteiger partial charge in [0.1, 0.15) is 11.9 Å². The molecular formula is C16H18N4O3S. The highest BCUT2D eigenvalue weighted by molar-refractivity contribution is 8.01. The van der Waals surface area contributed by atoms with E-state index in [0.717, 1.165) is 0 Å². The molecule has 7 nitrogen and oxygen atoms in total. The number of hydrogen-bond acceptors (Lipinski definition) is 5. The van der Waals surface area contributed by atoms with Crippen LogP contribution in [0.3, 0.4) is 0 Å². The van der Waals surface area contributed by atoms with Gasteiger partial charge in [0.15, 0.2) is 0 Å². The highest BCUT2D eigenvalue weighted by Gasteiger charge is 2.37. The van der Waals surface area contributed by atoms with Crippen molar-refractivity contribution in [3.63, 3.8) is 0 Å². The monoisotopic (exact) mass is 346 g/mol. The highest BCUT2D eigenvalue weighted by Crippen LogP contribution is 2.28. The third-order valence-corrected chi connectivity index (χ3v) is 5.28. The summed E-state index contributed by atoms with van der Waals surface area (Å²) in [6, 6.07) is 6.43. The predicted molar refractivity (Wildman–Crippen MR) is 92.7 cm³/mol. The molecule has 0 radical (unpaired) electrons. The van der Waals surface area contributed by atoms with Crippen molar-refractivity contribution in [3.8, 4) is 0 Å². The van der Waals surface area contributed by atoms with Crippen molar-refractivity contribution in [3.05, 3.63) is 40.4 Å². The minimum atomic E-state index is -0.581. The Balaban J connectivity index is 1.67. The summed E-state index contributed by atoms with van der Waals surface area (Å²) in [7, 11) is 0. The average molecular weight is 346 g/mol. The van der Waals surface area contributed by atoms with Gasteiger partial charge < -0.3 is 15.6 Å². The summed E-state index contributed by atoms with van der Waals surface area (Å²) in [6.45, 7) is 3.75. The molecule has 0 saturated carbocycles. The first-order valence-electron chi connectivity index (χ1n) is 7.57. The van der Waals surface area contributed by atoms with E-state index in [1.807, 2.05) is 13.8 Å². The lowest BCUT2D eigenvalue weighted by molar-refractivity contribution is -0.129. The molecule has 1 aliphatic rings. The Labute approximate surface area is 142 Å². The Morgan fingerprint density at radius 3 is 2.88 bits per heavy atom. The molecule has 2 heterocycles. The lowest BCUT2D eigenvalue weighted by Crippen LogP contribution is -2.57. The molecule has 1 saturated heterocycles. The Hall–Kier alpha value is -2.35. The van der Waals surface area contributed by atoms with Crippen LogP contribution in [0.15, 0.2) is 29.1 Å². The van der Waals surface area contributed by atoms with Crippen molar-refractivity contribution in [2.75, 3.05) is 5.75 Å². The molecule has 0 aliphatic carbocycles. The third kappa shape index (κ3) is 3.28. The van der Waals surface area contributed by atoms with Crippen LogP contribution < -0.4 is 16.2 Å². The average Bonchev–Trinajstić information content (AvgIpc) is 2.55. The SMILES string of the molecule is CC1(C)SCC(C(=O)NCc2nc3ccccc3c(=O)[nH]2)NC1=O. The van der Waals surface area contributed by atoms with E-state index in [1.54, 1.807) is 24.3 Å². The van der Waals surface area contributed by atoms with Crippen LogP contribution in [0.2, 0.25) is 0 Å². The number of amides is 2. The molecule has 126 valence electrons. The topological polar surface area (TPSA) is 104 Å². The number of rotatable bonds is 3. The smallest absolute Gasteiger partial charge is 0.258 e. The lowest BCUT2D eigenvalue weighted by atomic mass is 10.1. The molecule has 1 atom stereocenters. The molecule has 0 spiro atoms. The summed E-state index contributed by atoms with van der Waals surface area (Å²) < 4.78 is -0.526.